The maximum absolute atomic E-state index is 13.6. The number of rotatable bonds is 3. The molecular formula is C18H21FN6. The first-order chi connectivity index (χ1) is 12.2. The molecule has 1 fully saturated rings. The number of anilines is 1. The standard InChI is InChI=1S/C18H21FN6/c1-3-23-7-9-24(10-8-23)17-16-13(2)22-25(18(16)21-12-20-17)15-6-4-5-14(19)11-15/h4-6,11-12H,3,7-10H2,1-2H3. The first-order valence-electron chi connectivity index (χ1n) is 8.61. The van der Waals surface area contributed by atoms with Crippen LogP contribution in [0.1, 0.15) is 12.6 Å². The SMILES string of the molecule is CCN1CCN(c2ncnc3c2c(C)nn3-c2cccc(F)c2)CC1. The smallest absolute Gasteiger partial charge is 0.168 e. The van der Waals surface area contributed by atoms with Crippen LogP contribution in [0.2, 0.25) is 0 Å². The molecular weight excluding hydrogens is 319 g/mol. The van der Waals surface area contributed by atoms with Crippen LogP contribution in [-0.2, 0) is 0 Å². The molecule has 1 aliphatic rings. The molecule has 3 aromatic rings. The maximum atomic E-state index is 13.6. The first kappa shape index (κ1) is 16.0. The second-order valence-electron chi connectivity index (χ2n) is 6.29. The Balaban J connectivity index is 1.78. The van der Waals surface area contributed by atoms with Gasteiger partial charge in [0.1, 0.15) is 18.0 Å². The minimum Gasteiger partial charge on any atom is -0.353 e. The van der Waals surface area contributed by atoms with Gasteiger partial charge in [-0.2, -0.15) is 5.10 Å². The molecule has 0 amide bonds. The highest BCUT2D eigenvalue weighted by Crippen LogP contribution is 2.28. The second-order valence-corrected chi connectivity index (χ2v) is 6.29. The highest BCUT2D eigenvalue weighted by atomic mass is 19.1. The topological polar surface area (TPSA) is 50.1 Å². The van der Waals surface area contributed by atoms with E-state index < -0.39 is 0 Å². The third-order valence-corrected chi connectivity index (χ3v) is 4.79. The fourth-order valence-electron chi connectivity index (χ4n) is 3.40. The van der Waals surface area contributed by atoms with E-state index in [0.29, 0.717) is 11.3 Å². The molecule has 0 aliphatic carbocycles. The molecule has 1 aliphatic heterocycles. The summed E-state index contributed by atoms with van der Waals surface area (Å²) >= 11 is 0. The number of hydrogen-bond acceptors (Lipinski definition) is 5. The molecule has 1 aromatic carbocycles. The van der Waals surface area contributed by atoms with Crippen LogP contribution in [-0.4, -0.2) is 57.4 Å². The summed E-state index contributed by atoms with van der Waals surface area (Å²) in [6.45, 7) is 9.13. The molecule has 0 atom stereocenters. The van der Waals surface area contributed by atoms with Crippen molar-refractivity contribution >= 4 is 16.9 Å². The van der Waals surface area contributed by atoms with Gasteiger partial charge in [0.2, 0.25) is 0 Å². The maximum Gasteiger partial charge on any atom is 0.168 e. The molecule has 6 nitrogen and oxygen atoms in total. The van der Waals surface area contributed by atoms with Gasteiger partial charge in [0.05, 0.1) is 16.8 Å². The lowest BCUT2D eigenvalue weighted by atomic mass is 10.2. The zero-order valence-electron chi connectivity index (χ0n) is 14.5. The Morgan fingerprint density at radius 3 is 2.64 bits per heavy atom. The fraction of sp³-hybridized carbons (Fsp3) is 0.389. The normalized spacial score (nSPS) is 15.9. The van der Waals surface area contributed by atoms with Gasteiger partial charge in [-0.15, -0.1) is 0 Å². The van der Waals surface area contributed by atoms with E-state index in [1.165, 1.54) is 12.1 Å². The zero-order valence-corrected chi connectivity index (χ0v) is 14.5. The Labute approximate surface area is 145 Å². The molecule has 0 unspecified atom stereocenters. The van der Waals surface area contributed by atoms with Gasteiger partial charge in [0, 0.05) is 26.2 Å². The summed E-state index contributed by atoms with van der Waals surface area (Å²) in [5, 5.41) is 5.54. The van der Waals surface area contributed by atoms with Crippen molar-refractivity contribution in [3.8, 4) is 5.69 Å². The van der Waals surface area contributed by atoms with Crippen molar-refractivity contribution < 1.29 is 4.39 Å². The fourth-order valence-corrected chi connectivity index (χ4v) is 3.40. The molecule has 0 spiro atoms. The minimum absolute atomic E-state index is 0.288. The molecule has 4 rings (SSSR count). The van der Waals surface area contributed by atoms with Gasteiger partial charge in [-0.3, -0.25) is 0 Å². The molecule has 0 radical (unpaired) electrons. The summed E-state index contributed by atoms with van der Waals surface area (Å²) in [4.78, 5) is 13.7. The van der Waals surface area contributed by atoms with E-state index in [4.69, 9.17) is 0 Å². The van der Waals surface area contributed by atoms with E-state index in [2.05, 4.69) is 31.8 Å². The van der Waals surface area contributed by atoms with E-state index >= 15 is 0 Å². The number of hydrogen-bond donors (Lipinski definition) is 0. The van der Waals surface area contributed by atoms with Crippen molar-refractivity contribution in [2.24, 2.45) is 0 Å². The summed E-state index contributed by atoms with van der Waals surface area (Å²) in [5.74, 6) is 0.629. The Kier molecular flexibility index (Phi) is 4.09. The number of halogens is 1. The van der Waals surface area contributed by atoms with Crippen LogP contribution < -0.4 is 4.90 Å². The number of aromatic nitrogens is 4. The van der Waals surface area contributed by atoms with Crippen molar-refractivity contribution in [2.45, 2.75) is 13.8 Å². The Bertz CT molecular complexity index is 898. The molecule has 2 aromatic heterocycles. The average molecular weight is 340 g/mol. The van der Waals surface area contributed by atoms with Crippen LogP contribution >= 0.6 is 0 Å². The Hall–Kier alpha value is -2.54. The third-order valence-electron chi connectivity index (χ3n) is 4.79. The number of aryl methyl sites for hydroxylation is 1. The van der Waals surface area contributed by atoms with Crippen molar-refractivity contribution in [3.63, 3.8) is 0 Å². The first-order valence-corrected chi connectivity index (χ1v) is 8.61. The Morgan fingerprint density at radius 2 is 1.92 bits per heavy atom. The molecule has 1 saturated heterocycles. The number of nitrogens with zero attached hydrogens (tertiary/aromatic N) is 6. The third kappa shape index (κ3) is 2.84. The number of likely N-dealkylation sites (N-methyl/N-ethyl adjacent to an activating group) is 1. The largest absolute Gasteiger partial charge is 0.353 e. The van der Waals surface area contributed by atoms with Crippen LogP contribution in [0.25, 0.3) is 16.7 Å². The molecule has 25 heavy (non-hydrogen) atoms. The summed E-state index contributed by atoms with van der Waals surface area (Å²) in [6, 6.07) is 6.40. The number of benzene rings is 1. The highest BCUT2D eigenvalue weighted by molar-refractivity contribution is 5.90. The summed E-state index contributed by atoms with van der Waals surface area (Å²) < 4.78 is 15.3. The van der Waals surface area contributed by atoms with Crippen LogP contribution in [0.15, 0.2) is 30.6 Å². The van der Waals surface area contributed by atoms with E-state index in [1.54, 1.807) is 17.1 Å². The second kappa shape index (κ2) is 6.40. The van der Waals surface area contributed by atoms with Gasteiger partial charge in [-0.05, 0) is 31.7 Å². The average Bonchev–Trinajstić information content (AvgIpc) is 2.99. The van der Waals surface area contributed by atoms with Gasteiger partial charge in [0.15, 0.2) is 5.65 Å². The summed E-state index contributed by atoms with van der Waals surface area (Å²) in [5.41, 5.74) is 2.23. The van der Waals surface area contributed by atoms with E-state index in [1.807, 2.05) is 13.0 Å². The van der Waals surface area contributed by atoms with Crippen molar-refractivity contribution in [1.29, 1.82) is 0 Å². The minimum atomic E-state index is -0.288. The zero-order chi connectivity index (χ0) is 17.4. The van der Waals surface area contributed by atoms with Gasteiger partial charge >= 0.3 is 0 Å². The van der Waals surface area contributed by atoms with Crippen LogP contribution in [0.5, 0.6) is 0 Å². The lowest BCUT2D eigenvalue weighted by molar-refractivity contribution is 0.271. The van der Waals surface area contributed by atoms with Gasteiger partial charge in [0.25, 0.3) is 0 Å². The molecule has 0 bridgehead atoms. The van der Waals surface area contributed by atoms with E-state index in [-0.39, 0.29) is 5.82 Å². The van der Waals surface area contributed by atoms with Gasteiger partial charge < -0.3 is 9.80 Å². The summed E-state index contributed by atoms with van der Waals surface area (Å²) in [6.07, 6.45) is 1.57. The molecule has 3 heterocycles. The quantitative estimate of drug-likeness (QED) is 0.733. The predicted octanol–water partition coefficient (Wildman–Crippen LogP) is 2.40. The lowest BCUT2D eigenvalue weighted by Gasteiger charge is -2.34. The Morgan fingerprint density at radius 1 is 1.12 bits per heavy atom. The molecule has 130 valence electrons. The lowest BCUT2D eigenvalue weighted by Crippen LogP contribution is -2.46. The van der Waals surface area contributed by atoms with E-state index in [0.717, 1.165) is 49.6 Å². The van der Waals surface area contributed by atoms with E-state index in [9.17, 15) is 4.39 Å². The molecule has 7 heteroatoms. The molecule has 0 saturated carbocycles. The van der Waals surface area contributed by atoms with Crippen molar-refractivity contribution in [1.82, 2.24) is 24.6 Å². The van der Waals surface area contributed by atoms with Gasteiger partial charge in [-0.1, -0.05) is 13.0 Å². The summed E-state index contributed by atoms with van der Waals surface area (Å²) in [7, 11) is 0. The van der Waals surface area contributed by atoms with Crippen LogP contribution in [0, 0.1) is 12.7 Å². The predicted molar refractivity (Wildman–Crippen MR) is 95.7 cm³/mol. The number of fused-ring (bicyclic) bond motifs is 1. The highest BCUT2D eigenvalue weighted by Gasteiger charge is 2.22. The molecule has 0 N–H and O–H groups in total. The van der Waals surface area contributed by atoms with Crippen molar-refractivity contribution in [2.75, 3.05) is 37.6 Å². The van der Waals surface area contributed by atoms with Crippen molar-refractivity contribution in [3.05, 3.63) is 42.1 Å². The van der Waals surface area contributed by atoms with Crippen LogP contribution in [0.3, 0.4) is 0 Å². The monoisotopic (exact) mass is 340 g/mol. The number of piperazine rings is 1. The van der Waals surface area contributed by atoms with Crippen LogP contribution in [0.4, 0.5) is 10.2 Å². The van der Waals surface area contributed by atoms with Gasteiger partial charge in [-0.25, -0.2) is 19.0 Å².